The summed E-state index contributed by atoms with van der Waals surface area (Å²) in [6, 6.07) is 5.36. The molecule has 0 unspecified atom stereocenters. The molecule has 92 valence electrons. The van der Waals surface area contributed by atoms with Crippen LogP contribution in [0.5, 0.6) is 0 Å². The van der Waals surface area contributed by atoms with E-state index in [0.29, 0.717) is 23.7 Å². The van der Waals surface area contributed by atoms with E-state index in [1.165, 1.54) is 0 Å². The fraction of sp³-hybridized carbons (Fsp3) is 0.308. The highest BCUT2D eigenvalue weighted by Crippen LogP contribution is 2.26. The molecule has 1 rings (SSSR count). The van der Waals surface area contributed by atoms with Crippen LogP contribution in [0.2, 0.25) is 5.02 Å². The summed E-state index contributed by atoms with van der Waals surface area (Å²) in [4.78, 5) is 14.0. The van der Waals surface area contributed by atoms with Crippen LogP contribution in [0.15, 0.2) is 35.3 Å². The highest BCUT2D eigenvalue weighted by Gasteiger charge is 2.17. The molecule has 0 spiro atoms. The molecule has 0 aliphatic carbocycles. The molecule has 2 nitrogen and oxygen atoms in total. The second kappa shape index (κ2) is 6.82. The normalized spacial score (nSPS) is 10.1. The molecule has 0 fully saturated rings. The van der Waals surface area contributed by atoms with E-state index >= 15 is 0 Å². The van der Waals surface area contributed by atoms with E-state index in [2.05, 4.69) is 22.5 Å². The SMILES string of the molecule is C=CCN(CCC)C(=O)c1cccc(Br)c1Cl. The molecule has 1 amide bonds. The van der Waals surface area contributed by atoms with Crippen LogP contribution in [-0.4, -0.2) is 23.9 Å². The van der Waals surface area contributed by atoms with Gasteiger partial charge >= 0.3 is 0 Å². The first-order chi connectivity index (χ1) is 8.11. The molecule has 0 saturated heterocycles. The van der Waals surface area contributed by atoms with Gasteiger partial charge in [-0.25, -0.2) is 0 Å². The van der Waals surface area contributed by atoms with E-state index in [0.717, 1.165) is 10.9 Å². The van der Waals surface area contributed by atoms with E-state index in [4.69, 9.17) is 11.6 Å². The van der Waals surface area contributed by atoms with Crippen LogP contribution in [0.4, 0.5) is 0 Å². The van der Waals surface area contributed by atoms with E-state index in [-0.39, 0.29) is 5.91 Å². The van der Waals surface area contributed by atoms with Gasteiger partial charge in [0.05, 0.1) is 10.6 Å². The Labute approximate surface area is 115 Å². The largest absolute Gasteiger partial charge is 0.335 e. The number of halogens is 2. The Bertz CT molecular complexity index is 420. The summed E-state index contributed by atoms with van der Waals surface area (Å²) < 4.78 is 0.736. The number of hydrogen-bond acceptors (Lipinski definition) is 1. The van der Waals surface area contributed by atoms with Gasteiger partial charge < -0.3 is 4.90 Å². The number of nitrogens with zero attached hydrogens (tertiary/aromatic N) is 1. The summed E-state index contributed by atoms with van der Waals surface area (Å²) in [6.45, 7) is 6.94. The number of carbonyl (C=O) groups excluding carboxylic acids is 1. The molecular weight excluding hydrogens is 302 g/mol. The van der Waals surface area contributed by atoms with Gasteiger partial charge in [-0.05, 0) is 34.5 Å². The minimum Gasteiger partial charge on any atom is -0.335 e. The third-order valence-corrected chi connectivity index (χ3v) is 3.61. The van der Waals surface area contributed by atoms with Crippen molar-refractivity contribution in [2.75, 3.05) is 13.1 Å². The lowest BCUT2D eigenvalue weighted by atomic mass is 10.2. The fourth-order valence-corrected chi connectivity index (χ4v) is 2.11. The van der Waals surface area contributed by atoms with E-state index in [1.807, 2.05) is 13.0 Å². The van der Waals surface area contributed by atoms with Crippen LogP contribution in [0.1, 0.15) is 23.7 Å². The lowest BCUT2D eigenvalue weighted by Gasteiger charge is -2.21. The van der Waals surface area contributed by atoms with Crippen LogP contribution < -0.4 is 0 Å². The van der Waals surface area contributed by atoms with Crippen molar-refractivity contribution >= 4 is 33.4 Å². The van der Waals surface area contributed by atoms with Gasteiger partial charge in [0.1, 0.15) is 0 Å². The van der Waals surface area contributed by atoms with Gasteiger partial charge in [-0.15, -0.1) is 6.58 Å². The highest BCUT2D eigenvalue weighted by atomic mass is 79.9. The molecule has 0 heterocycles. The van der Waals surface area contributed by atoms with Crippen molar-refractivity contribution in [2.24, 2.45) is 0 Å². The van der Waals surface area contributed by atoms with Crippen LogP contribution in [0.25, 0.3) is 0 Å². The predicted molar refractivity (Wildman–Crippen MR) is 75.5 cm³/mol. The lowest BCUT2D eigenvalue weighted by molar-refractivity contribution is 0.0774. The Kier molecular flexibility index (Phi) is 5.72. The quantitative estimate of drug-likeness (QED) is 0.748. The van der Waals surface area contributed by atoms with Gasteiger partial charge in [0.25, 0.3) is 5.91 Å². The number of amides is 1. The van der Waals surface area contributed by atoms with Crippen molar-refractivity contribution < 1.29 is 4.79 Å². The van der Waals surface area contributed by atoms with E-state index in [1.54, 1.807) is 23.1 Å². The second-order valence-corrected chi connectivity index (χ2v) is 4.87. The maximum absolute atomic E-state index is 12.3. The van der Waals surface area contributed by atoms with Crippen LogP contribution >= 0.6 is 27.5 Å². The number of rotatable bonds is 5. The summed E-state index contributed by atoms with van der Waals surface area (Å²) in [5.74, 6) is -0.0574. The third-order valence-electron chi connectivity index (χ3n) is 2.31. The molecule has 0 radical (unpaired) electrons. The van der Waals surface area contributed by atoms with E-state index < -0.39 is 0 Å². The Balaban J connectivity index is 3.00. The Morgan fingerprint density at radius 1 is 1.59 bits per heavy atom. The topological polar surface area (TPSA) is 20.3 Å². The minimum absolute atomic E-state index is 0.0574. The molecule has 1 aromatic carbocycles. The highest BCUT2D eigenvalue weighted by molar-refractivity contribution is 9.10. The molecule has 17 heavy (non-hydrogen) atoms. The van der Waals surface area contributed by atoms with E-state index in [9.17, 15) is 4.79 Å². The fourth-order valence-electron chi connectivity index (χ4n) is 1.54. The van der Waals surface area contributed by atoms with Crippen molar-refractivity contribution in [2.45, 2.75) is 13.3 Å². The molecule has 0 aliphatic rings. The molecule has 0 atom stereocenters. The standard InChI is InChI=1S/C13H15BrClNO/c1-3-8-16(9-4-2)13(17)10-6-5-7-11(14)12(10)15/h3,5-7H,1,4,8-9H2,2H3. The second-order valence-electron chi connectivity index (χ2n) is 3.64. The molecule has 1 aromatic rings. The van der Waals surface area contributed by atoms with Crippen molar-refractivity contribution in [1.82, 2.24) is 4.90 Å². The van der Waals surface area contributed by atoms with Gasteiger partial charge in [0.2, 0.25) is 0 Å². The van der Waals surface area contributed by atoms with Crippen LogP contribution in [-0.2, 0) is 0 Å². The maximum Gasteiger partial charge on any atom is 0.255 e. The summed E-state index contributed by atoms with van der Waals surface area (Å²) in [5.41, 5.74) is 0.524. The van der Waals surface area contributed by atoms with Gasteiger partial charge in [-0.3, -0.25) is 4.79 Å². The van der Waals surface area contributed by atoms with Gasteiger partial charge in [-0.1, -0.05) is 30.7 Å². The molecule has 0 aliphatic heterocycles. The zero-order chi connectivity index (χ0) is 12.8. The minimum atomic E-state index is -0.0574. The number of hydrogen-bond donors (Lipinski definition) is 0. The first-order valence-electron chi connectivity index (χ1n) is 5.46. The first-order valence-corrected chi connectivity index (χ1v) is 6.63. The molecule has 0 aromatic heterocycles. The van der Waals surface area contributed by atoms with Crippen LogP contribution in [0.3, 0.4) is 0 Å². The summed E-state index contributed by atoms with van der Waals surface area (Å²) in [7, 11) is 0. The number of benzene rings is 1. The average molecular weight is 317 g/mol. The van der Waals surface area contributed by atoms with Gasteiger partial charge in [-0.2, -0.15) is 0 Å². The zero-order valence-electron chi connectivity index (χ0n) is 9.75. The lowest BCUT2D eigenvalue weighted by Crippen LogP contribution is -2.32. The van der Waals surface area contributed by atoms with Crippen molar-refractivity contribution in [3.63, 3.8) is 0 Å². The summed E-state index contributed by atoms with van der Waals surface area (Å²) in [6.07, 6.45) is 2.63. The Hall–Kier alpha value is -0.800. The van der Waals surface area contributed by atoms with Gasteiger partial charge in [0, 0.05) is 17.6 Å². The Morgan fingerprint density at radius 3 is 2.88 bits per heavy atom. The summed E-state index contributed by atoms with van der Waals surface area (Å²) in [5, 5.41) is 0.461. The monoisotopic (exact) mass is 315 g/mol. The average Bonchev–Trinajstić information content (AvgIpc) is 2.31. The first kappa shape index (κ1) is 14.3. The van der Waals surface area contributed by atoms with Crippen molar-refractivity contribution in [3.8, 4) is 0 Å². The predicted octanol–water partition coefficient (Wildman–Crippen LogP) is 4.14. The number of carbonyl (C=O) groups is 1. The molecule has 0 N–H and O–H groups in total. The smallest absolute Gasteiger partial charge is 0.255 e. The maximum atomic E-state index is 12.3. The molecule has 0 bridgehead atoms. The third kappa shape index (κ3) is 3.58. The Morgan fingerprint density at radius 2 is 2.29 bits per heavy atom. The van der Waals surface area contributed by atoms with Crippen molar-refractivity contribution in [3.05, 3.63) is 45.9 Å². The molecular formula is C13H15BrClNO. The zero-order valence-corrected chi connectivity index (χ0v) is 12.1. The van der Waals surface area contributed by atoms with Crippen LogP contribution in [0, 0.1) is 0 Å². The molecule has 4 heteroatoms. The van der Waals surface area contributed by atoms with Gasteiger partial charge in [0.15, 0.2) is 0 Å². The summed E-state index contributed by atoms with van der Waals surface area (Å²) >= 11 is 9.43. The molecule has 0 saturated carbocycles. The van der Waals surface area contributed by atoms with Crippen molar-refractivity contribution in [1.29, 1.82) is 0 Å².